The zero-order valence-electron chi connectivity index (χ0n) is 11.6. The molecule has 1 aromatic rings. The van der Waals surface area contributed by atoms with Gasteiger partial charge in [-0.2, -0.15) is 4.31 Å². The minimum atomic E-state index is -3.66. The number of hydrogen-bond acceptors (Lipinski definition) is 5. The summed E-state index contributed by atoms with van der Waals surface area (Å²) in [5.74, 6) is 0.985. The first-order valence-corrected chi connectivity index (χ1v) is 7.93. The molecule has 1 N–H and O–H groups in total. The molecule has 112 valence electrons. The molecule has 20 heavy (non-hydrogen) atoms. The van der Waals surface area contributed by atoms with Gasteiger partial charge in [0.15, 0.2) is 11.5 Å². The highest BCUT2D eigenvalue weighted by Crippen LogP contribution is 2.33. The van der Waals surface area contributed by atoms with Crippen LogP contribution in [0.25, 0.3) is 0 Å². The van der Waals surface area contributed by atoms with E-state index < -0.39 is 10.0 Å². The Morgan fingerprint density at radius 1 is 1.25 bits per heavy atom. The average Bonchev–Trinajstić information content (AvgIpc) is 2.43. The Hall–Kier alpha value is -1.31. The molecule has 0 aromatic heterocycles. The molecule has 0 unspecified atom stereocenters. The van der Waals surface area contributed by atoms with Crippen LogP contribution in [0, 0.1) is 0 Å². The number of fused-ring (bicyclic) bond motifs is 1. The number of aliphatic hydroxyl groups is 1. The maximum atomic E-state index is 12.6. The van der Waals surface area contributed by atoms with Gasteiger partial charge in [-0.05, 0) is 26.0 Å². The number of nitrogens with zero attached hydrogens (tertiary/aromatic N) is 1. The van der Waals surface area contributed by atoms with Gasteiger partial charge in [-0.3, -0.25) is 0 Å². The fourth-order valence-corrected chi connectivity index (χ4v) is 3.72. The summed E-state index contributed by atoms with van der Waals surface area (Å²) in [6, 6.07) is 4.32. The Kier molecular flexibility index (Phi) is 4.52. The van der Waals surface area contributed by atoms with Crippen LogP contribution in [0.15, 0.2) is 23.1 Å². The molecule has 0 radical (unpaired) electrons. The van der Waals surface area contributed by atoms with Crippen molar-refractivity contribution in [2.45, 2.75) is 24.8 Å². The first-order valence-electron chi connectivity index (χ1n) is 6.49. The van der Waals surface area contributed by atoms with E-state index >= 15 is 0 Å². The van der Waals surface area contributed by atoms with Crippen molar-refractivity contribution in [1.82, 2.24) is 4.31 Å². The van der Waals surface area contributed by atoms with Gasteiger partial charge in [-0.1, -0.05) is 0 Å². The quantitative estimate of drug-likeness (QED) is 0.872. The van der Waals surface area contributed by atoms with Crippen LogP contribution in [0.5, 0.6) is 11.5 Å². The summed E-state index contributed by atoms with van der Waals surface area (Å²) in [4.78, 5) is 0.143. The summed E-state index contributed by atoms with van der Waals surface area (Å²) in [5.41, 5.74) is 0. The van der Waals surface area contributed by atoms with Crippen LogP contribution in [0.4, 0.5) is 0 Å². The molecule has 0 amide bonds. The third kappa shape index (κ3) is 2.89. The molecular formula is C13H19NO5S. The molecule has 1 heterocycles. The van der Waals surface area contributed by atoms with E-state index in [1.165, 1.54) is 16.4 Å². The Labute approximate surface area is 119 Å². The van der Waals surface area contributed by atoms with Crippen molar-refractivity contribution < 1.29 is 23.0 Å². The number of sulfonamides is 1. The van der Waals surface area contributed by atoms with Gasteiger partial charge in [0.25, 0.3) is 0 Å². The van der Waals surface area contributed by atoms with Crippen LogP contribution in [-0.2, 0) is 10.0 Å². The monoisotopic (exact) mass is 301 g/mol. The van der Waals surface area contributed by atoms with E-state index in [0.29, 0.717) is 24.7 Å². The van der Waals surface area contributed by atoms with Gasteiger partial charge < -0.3 is 14.6 Å². The minimum absolute atomic E-state index is 0.0639. The van der Waals surface area contributed by atoms with E-state index in [9.17, 15) is 8.42 Å². The molecule has 0 saturated heterocycles. The zero-order valence-corrected chi connectivity index (χ0v) is 12.4. The van der Waals surface area contributed by atoms with Gasteiger partial charge in [0.2, 0.25) is 10.0 Å². The molecule has 0 fully saturated rings. The molecule has 1 aliphatic rings. The van der Waals surface area contributed by atoms with Crippen LogP contribution in [0.2, 0.25) is 0 Å². The molecule has 0 atom stereocenters. The van der Waals surface area contributed by atoms with Crippen molar-refractivity contribution in [3.8, 4) is 11.5 Å². The lowest BCUT2D eigenvalue weighted by Crippen LogP contribution is -2.39. The highest BCUT2D eigenvalue weighted by molar-refractivity contribution is 7.89. The molecule has 1 aliphatic heterocycles. The van der Waals surface area contributed by atoms with Gasteiger partial charge in [0.05, 0.1) is 11.5 Å². The number of rotatable bonds is 5. The fraction of sp³-hybridized carbons (Fsp3) is 0.538. The SMILES string of the molecule is CC(C)N(CCO)S(=O)(=O)c1ccc2c(c1)OCCO2. The Morgan fingerprint density at radius 3 is 2.50 bits per heavy atom. The third-order valence-electron chi connectivity index (χ3n) is 3.02. The lowest BCUT2D eigenvalue weighted by molar-refractivity contribution is 0.171. The normalized spacial score (nSPS) is 14.8. The predicted molar refractivity (Wildman–Crippen MR) is 73.5 cm³/mol. The van der Waals surface area contributed by atoms with E-state index in [4.69, 9.17) is 14.6 Å². The lowest BCUT2D eigenvalue weighted by atomic mass is 10.3. The molecule has 2 rings (SSSR count). The van der Waals surface area contributed by atoms with Gasteiger partial charge in [-0.15, -0.1) is 0 Å². The zero-order chi connectivity index (χ0) is 14.8. The maximum Gasteiger partial charge on any atom is 0.243 e. The highest BCUT2D eigenvalue weighted by atomic mass is 32.2. The van der Waals surface area contributed by atoms with Crippen molar-refractivity contribution in [3.63, 3.8) is 0 Å². The molecule has 6 nitrogen and oxygen atoms in total. The molecule has 0 spiro atoms. The van der Waals surface area contributed by atoms with E-state index in [1.807, 2.05) is 0 Å². The Balaban J connectivity index is 2.38. The summed E-state index contributed by atoms with van der Waals surface area (Å²) in [5, 5.41) is 9.04. The molecular weight excluding hydrogens is 282 g/mol. The Morgan fingerprint density at radius 2 is 1.90 bits per heavy atom. The summed E-state index contributed by atoms with van der Waals surface area (Å²) in [7, 11) is -3.66. The molecule has 0 bridgehead atoms. The van der Waals surface area contributed by atoms with Crippen molar-refractivity contribution in [3.05, 3.63) is 18.2 Å². The topological polar surface area (TPSA) is 76.1 Å². The summed E-state index contributed by atoms with van der Waals surface area (Å²) in [6.07, 6.45) is 0. The van der Waals surface area contributed by atoms with Crippen LogP contribution in [0.1, 0.15) is 13.8 Å². The van der Waals surface area contributed by atoms with Gasteiger partial charge in [-0.25, -0.2) is 8.42 Å². The van der Waals surface area contributed by atoms with Gasteiger partial charge >= 0.3 is 0 Å². The number of aliphatic hydroxyl groups excluding tert-OH is 1. The smallest absolute Gasteiger partial charge is 0.243 e. The van der Waals surface area contributed by atoms with E-state index in [0.717, 1.165) is 0 Å². The van der Waals surface area contributed by atoms with Gasteiger partial charge in [0.1, 0.15) is 13.2 Å². The van der Waals surface area contributed by atoms with Crippen LogP contribution in [-0.4, -0.2) is 50.2 Å². The first-order chi connectivity index (χ1) is 9.46. The van der Waals surface area contributed by atoms with E-state index in [2.05, 4.69) is 0 Å². The van der Waals surface area contributed by atoms with Crippen LogP contribution >= 0.6 is 0 Å². The van der Waals surface area contributed by atoms with Crippen molar-refractivity contribution in [1.29, 1.82) is 0 Å². The number of benzene rings is 1. The fourth-order valence-electron chi connectivity index (χ4n) is 2.07. The largest absolute Gasteiger partial charge is 0.486 e. The van der Waals surface area contributed by atoms with E-state index in [1.54, 1.807) is 19.9 Å². The van der Waals surface area contributed by atoms with Crippen molar-refractivity contribution >= 4 is 10.0 Å². The molecule has 1 aromatic carbocycles. The number of ether oxygens (including phenoxy) is 2. The molecule has 0 aliphatic carbocycles. The predicted octanol–water partition coefficient (Wildman–Crippen LogP) is 0.849. The standard InChI is InChI=1S/C13H19NO5S/c1-10(2)14(5-6-15)20(16,17)11-3-4-12-13(9-11)19-8-7-18-12/h3-4,9-10,15H,5-8H2,1-2H3. The molecule has 0 saturated carbocycles. The minimum Gasteiger partial charge on any atom is -0.486 e. The summed E-state index contributed by atoms with van der Waals surface area (Å²) >= 11 is 0. The lowest BCUT2D eigenvalue weighted by Gasteiger charge is -2.26. The average molecular weight is 301 g/mol. The maximum absolute atomic E-state index is 12.6. The molecule has 7 heteroatoms. The second-order valence-corrected chi connectivity index (χ2v) is 6.63. The summed E-state index contributed by atoms with van der Waals surface area (Å²) < 4.78 is 37.2. The van der Waals surface area contributed by atoms with Crippen LogP contribution < -0.4 is 9.47 Å². The van der Waals surface area contributed by atoms with Gasteiger partial charge in [0, 0.05) is 18.7 Å². The highest BCUT2D eigenvalue weighted by Gasteiger charge is 2.28. The summed E-state index contributed by atoms with van der Waals surface area (Å²) in [6.45, 7) is 4.25. The first kappa shape index (κ1) is 15.1. The second-order valence-electron chi connectivity index (χ2n) is 4.74. The van der Waals surface area contributed by atoms with Crippen molar-refractivity contribution in [2.24, 2.45) is 0 Å². The second kappa shape index (κ2) is 5.99. The van der Waals surface area contributed by atoms with Crippen molar-refractivity contribution in [2.75, 3.05) is 26.4 Å². The third-order valence-corrected chi connectivity index (χ3v) is 5.09. The number of hydrogen-bond donors (Lipinski definition) is 1. The van der Waals surface area contributed by atoms with Crippen LogP contribution in [0.3, 0.4) is 0 Å². The Bertz CT molecular complexity index is 570. The van der Waals surface area contributed by atoms with E-state index in [-0.39, 0.29) is 24.1 Å².